The Kier molecular flexibility index (Phi) is 4.28. The van der Waals surface area contributed by atoms with Gasteiger partial charge in [-0.05, 0) is 71.8 Å². The lowest BCUT2D eigenvalue weighted by atomic mass is 9.93. The Balaban J connectivity index is 1.66. The molecule has 0 aromatic carbocycles. The minimum absolute atomic E-state index is 0.401. The van der Waals surface area contributed by atoms with Gasteiger partial charge in [0.15, 0.2) is 0 Å². The van der Waals surface area contributed by atoms with Gasteiger partial charge in [0, 0.05) is 6.54 Å². The molecule has 1 heterocycles. The number of carboxylic acid groups (broad SMARTS) is 1. The van der Waals surface area contributed by atoms with Crippen LogP contribution in [-0.4, -0.2) is 61.2 Å². The largest absolute Gasteiger partial charge is 0.481 e. The van der Waals surface area contributed by atoms with Gasteiger partial charge in [-0.1, -0.05) is 0 Å². The van der Waals surface area contributed by atoms with Crippen LogP contribution in [0.5, 0.6) is 0 Å². The van der Waals surface area contributed by atoms with Crippen LogP contribution < -0.4 is 0 Å². The van der Waals surface area contributed by atoms with E-state index in [4.69, 9.17) is 5.11 Å². The molecule has 0 aromatic rings. The fourth-order valence-corrected chi connectivity index (χ4v) is 2.94. The number of carboxylic acids is 1. The zero-order chi connectivity index (χ0) is 13.2. The van der Waals surface area contributed by atoms with Crippen LogP contribution in [0.1, 0.15) is 32.1 Å². The molecule has 1 aliphatic heterocycles. The van der Waals surface area contributed by atoms with Crippen LogP contribution in [0.2, 0.25) is 0 Å². The lowest BCUT2D eigenvalue weighted by molar-refractivity contribution is -0.144. The van der Waals surface area contributed by atoms with E-state index in [-0.39, 0.29) is 0 Å². The first kappa shape index (κ1) is 13.8. The van der Waals surface area contributed by atoms with Crippen LogP contribution in [0.4, 0.5) is 0 Å². The van der Waals surface area contributed by atoms with Gasteiger partial charge in [-0.15, -0.1) is 0 Å². The molecule has 1 N–H and O–H groups in total. The molecule has 1 saturated heterocycles. The summed E-state index contributed by atoms with van der Waals surface area (Å²) in [6, 6.07) is 0. The minimum atomic E-state index is -0.603. The summed E-state index contributed by atoms with van der Waals surface area (Å²) in [4.78, 5) is 15.7. The maximum absolute atomic E-state index is 11.1. The first-order valence-corrected chi connectivity index (χ1v) is 7.12. The van der Waals surface area contributed by atoms with E-state index < -0.39 is 11.4 Å². The molecule has 1 saturated carbocycles. The molecule has 0 unspecified atom stereocenters. The van der Waals surface area contributed by atoms with Crippen LogP contribution >= 0.6 is 0 Å². The minimum Gasteiger partial charge on any atom is -0.481 e. The zero-order valence-corrected chi connectivity index (χ0v) is 11.7. The highest BCUT2D eigenvalue weighted by atomic mass is 16.4. The van der Waals surface area contributed by atoms with Crippen molar-refractivity contribution in [3.63, 3.8) is 0 Å². The van der Waals surface area contributed by atoms with Crippen LogP contribution in [0.15, 0.2) is 0 Å². The van der Waals surface area contributed by atoms with Gasteiger partial charge < -0.3 is 14.9 Å². The van der Waals surface area contributed by atoms with Crippen molar-refractivity contribution in [1.29, 1.82) is 0 Å². The third-order valence-electron chi connectivity index (χ3n) is 4.64. The standard InChI is InChI=1S/C14H26N2O2/c1-15-8-3-12(4-9-15)5-10-16(2)11-14(6-7-14)13(17)18/h12H,3-11H2,1-2H3,(H,17,18). The van der Waals surface area contributed by atoms with Gasteiger partial charge in [-0.3, -0.25) is 4.79 Å². The molecule has 0 amide bonds. The van der Waals surface area contributed by atoms with Crippen molar-refractivity contribution in [2.45, 2.75) is 32.1 Å². The van der Waals surface area contributed by atoms with E-state index in [9.17, 15) is 4.79 Å². The summed E-state index contributed by atoms with van der Waals surface area (Å²) in [5.41, 5.74) is -0.401. The lowest BCUT2D eigenvalue weighted by Gasteiger charge is -2.30. The highest BCUT2D eigenvalue weighted by Gasteiger charge is 2.50. The Morgan fingerprint density at radius 1 is 1.39 bits per heavy atom. The summed E-state index contributed by atoms with van der Waals surface area (Å²) in [5.74, 6) is 0.234. The smallest absolute Gasteiger partial charge is 0.310 e. The molecule has 0 radical (unpaired) electrons. The predicted molar refractivity (Wildman–Crippen MR) is 71.6 cm³/mol. The second-order valence-electron chi connectivity index (χ2n) is 6.36. The average Bonchev–Trinajstić information content (AvgIpc) is 3.09. The van der Waals surface area contributed by atoms with Crippen molar-refractivity contribution in [2.75, 3.05) is 40.3 Å². The molecule has 18 heavy (non-hydrogen) atoms. The van der Waals surface area contributed by atoms with Crippen molar-refractivity contribution in [3.8, 4) is 0 Å². The van der Waals surface area contributed by atoms with Crippen LogP contribution in [0, 0.1) is 11.3 Å². The van der Waals surface area contributed by atoms with E-state index in [2.05, 4.69) is 23.9 Å². The fraction of sp³-hybridized carbons (Fsp3) is 0.929. The van der Waals surface area contributed by atoms with Gasteiger partial charge in [0.25, 0.3) is 0 Å². The third-order valence-corrected chi connectivity index (χ3v) is 4.64. The molecule has 1 aliphatic carbocycles. The molecular formula is C14H26N2O2. The Morgan fingerprint density at radius 3 is 2.50 bits per heavy atom. The number of hydrogen-bond acceptors (Lipinski definition) is 3. The molecule has 4 nitrogen and oxygen atoms in total. The summed E-state index contributed by atoms with van der Waals surface area (Å²) in [6.07, 6.45) is 5.55. The van der Waals surface area contributed by atoms with E-state index in [1.54, 1.807) is 0 Å². The van der Waals surface area contributed by atoms with Gasteiger partial charge in [-0.25, -0.2) is 0 Å². The van der Waals surface area contributed by atoms with E-state index in [0.717, 1.165) is 31.8 Å². The molecule has 0 atom stereocenters. The zero-order valence-electron chi connectivity index (χ0n) is 11.7. The quantitative estimate of drug-likeness (QED) is 0.780. The Bertz CT molecular complexity index is 294. The summed E-state index contributed by atoms with van der Waals surface area (Å²) >= 11 is 0. The highest BCUT2D eigenvalue weighted by molar-refractivity contribution is 5.78. The van der Waals surface area contributed by atoms with Crippen LogP contribution in [-0.2, 0) is 4.79 Å². The normalized spacial score (nSPS) is 24.4. The van der Waals surface area contributed by atoms with Crippen LogP contribution in [0.3, 0.4) is 0 Å². The molecule has 0 bridgehead atoms. The van der Waals surface area contributed by atoms with Gasteiger partial charge in [0.05, 0.1) is 5.41 Å². The van der Waals surface area contributed by atoms with Crippen molar-refractivity contribution >= 4 is 5.97 Å². The average molecular weight is 254 g/mol. The topological polar surface area (TPSA) is 43.8 Å². The molecule has 104 valence electrons. The SMILES string of the molecule is CN1CCC(CCN(C)CC2(C(=O)O)CC2)CC1. The monoisotopic (exact) mass is 254 g/mol. The molecule has 0 aromatic heterocycles. The first-order chi connectivity index (χ1) is 8.52. The number of rotatable bonds is 6. The summed E-state index contributed by atoms with van der Waals surface area (Å²) < 4.78 is 0. The maximum atomic E-state index is 11.1. The Labute approximate surface area is 110 Å². The van der Waals surface area contributed by atoms with E-state index in [0.29, 0.717) is 0 Å². The van der Waals surface area contributed by atoms with E-state index in [1.165, 1.54) is 32.4 Å². The van der Waals surface area contributed by atoms with E-state index >= 15 is 0 Å². The molecule has 2 fully saturated rings. The van der Waals surface area contributed by atoms with Crippen molar-refractivity contribution in [2.24, 2.45) is 11.3 Å². The van der Waals surface area contributed by atoms with Crippen molar-refractivity contribution in [3.05, 3.63) is 0 Å². The number of hydrogen-bond donors (Lipinski definition) is 1. The number of likely N-dealkylation sites (tertiary alicyclic amines) is 1. The molecule has 2 rings (SSSR count). The maximum Gasteiger partial charge on any atom is 0.310 e. The molecule has 4 heteroatoms. The highest BCUT2D eigenvalue weighted by Crippen LogP contribution is 2.46. The van der Waals surface area contributed by atoms with Crippen molar-refractivity contribution in [1.82, 2.24) is 9.80 Å². The molecular weight excluding hydrogens is 228 g/mol. The number of piperidine rings is 1. The summed E-state index contributed by atoms with van der Waals surface area (Å²) in [5, 5.41) is 9.17. The first-order valence-electron chi connectivity index (χ1n) is 7.12. The Hall–Kier alpha value is -0.610. The Morgan fingerprint density at radius 2 is 2.00 bits per heavy atom. The lowest BCUT2D eigenvalue weighted by Crippen LogP contribution is -2.35. The van der Waals surface area contributed by atoms with Gasteiger partial charge in [0.1, 0.15) is 0 Å². The third kappa shape index (κ3) is 3.45. The number of nitrogens with zero attached hydrogens (tertiary/aromatic N) is 2. The van der Waals surface area contributed by atoms with Gasteiger partial charge in [-0.2, -0.15) is 0 Å². The second-order valence-corrected chi connectivity index (χ2v) is 6.36. The molecule has 2 aliphatic rings. The number of carbonyl (C=O) groups is 1. The van der Waals surface area contributed by atoms with Gasteiger partial charge >= 0.3 is 5.97 Å². The summed E-state index contributed by atoms with van der Waals surface area (Å²) in [6.45, 7) is 4.21. The molecule has 0 spiro atoms. The summed E-state index contributed by atoms with van der Waals surface area (Å²) in [7, 11) is 4.25. The number of aliphatic carboxylic acids is 1. The van der Waals surface area contributed by atoms with Crippen molar-refractivity contribution < 1.29 is 9.90 Å². The van der Waals surface area contributed by atoms with Crippen LogP contribution in [0.25, 0.3) is 0 Å². The second kappa shape index (κ2) is 5.57. The fourth-order valence-electron chi connectivity index (χ4n) is 2.94. The van der Waals surface area contributed by atoms with E-state index in [1.807, 2.05) is 0 Å². The predicted octanol–water partition coefficient (Wildman–Crippen LogP) is 1.51. The van der Waals surface area contributed by atoms with Gasteiger partial charge in [0.2, 0.25) is 0 Å².